The van der Waals surface area contributed by atoms with Crippen LogP contribution in [0.5, 0.6) is 0 Å². The highest BCUT2D eigenvalue weighted by Gasteiger charge is 2.05. The summed E-state index contributed by atoms with van der Waals surface area (Å²) in [5.74, 6) is 0. The fourth-order valence-corrected chi connectivity index (χ4v) is 2.02. The molecule has 0 aliphatic carbocycles. The lowest BCUT2D eigenvalue weighted by Crippen LogP contribution is -1.84. The van der Waals surface area contributed by atoms with Crippen molar-refractivity contribution in [2.24, 2.45) is 0 Å². The van der Waals surface area contributed by atoms with Crippen molar-refractivity contribution in [1.82, 2.24) is 0 Å². The summed E-state index contributed by atoms with van der Waals surface area (Å²) >= 11 is 22.5. The lowest BCUT2D eigenvalue weighted by atomic mass is 10.2. The Kier molecular flexibility index (Phi) is 8.51. The Labute approximate surface area is 148 Å². The molecule has 6 heteroatoms. The van der Waals surface area contributed by atoms with E-state index in [0.29, 0.717) is 11.1 Å². The van der Waals surface area contributed by atoms with E-state index in [1.54, 1.807) is 48.5 Å². The van der Waals surface area contributed by atoms with E-state index < -0.39 is 9.67 Å². The molecule has 22 heavy (non-hydrogen) atoms. The normalized spacial score (nSPS) is 10.1. The highest BCUT2D eigenvalue weighted by atomic mass is 35.5. The van der Waals surface area contributed by atoms with E-state index in [0.717, 1.165) is 23.7 Å². The first kappa shape index (κ1) is 19.0. The molecule has 2 nitrogen and oxygen atoms in total. The number of hydrogen-bond donors (Lipinski definition) is 0. The molecule has 0 aliphatic rings. The first-order valence-corrected chi connectivity index (χ1v) is 7.89. The summed E-state index contributed by atoms with van der Waals surface area (Å²) in [6, 6.07) is 13.6. The van der Waals surface area contributed by atoms with Gasteiger partial charge in [-0.3, -0.25) is 9.59 Å². The van der Waals surface area contributed by atoms with Crippen LogP contribution in [-0.4, -0.2) is 12.6 Å². The van der Waals surface area contributed by atoms with Crippen LogP contribution in [0.1, 0.15) is 41.5 Å². The van der Waals surface area contributed by atoms with Gasteiger partial charge in [-0.25, -0.2) is 0 Å². The van der Waals surface area contributed by atoms with Gasteiger partial charge in [0.25, 0.3) is 0 Å². The van der Waals surface area contributed by atoms with Gasteiger partial charge in [0.05, 0.1) is 0 Å². The number of benzene rings is 2. The Hall–Kier alpha value is -1.06. The van der Waals surface area contributed by atoms with Crippen molar-refractivity contribution in [1.29, 1.82) is 0 Å². The van der Waals surface area contributed by atoms with E-state index >= 15 is 0 Å². The minimum Gasteiger partial charge on any atom is -0.298 e. The van der Waals surface area contributed by atoms with Gasteiger partial charge in [-0.2, -0.15) is 0 Å². The second kappa shape index (κ2) is 9.86. The predicted octanol–water partition coefficient (Wildman–Crippen LogP) is 5.95. The van der Waals surface area contributed by atoms with Crippen molar-refractivity contribution in [2.45, 2.75) is 9.67 Å². The van der Waals surface area contributed by atoms with Gasteiger partial charge in [0.15, 0.2) is 0 Å². The number of aldehydes is 2. The lowest BCUT2D eigenvalue weighted by Gasteiger charge is -2.04. The molecule has 0 radical (unpaired) electrons. The molecule has 0 fully saturated rings. The minimum absolute atomic E-state index is 0.497. The third-order valence-corrected chi connectivity index (χ3v) is 3.66. The molecule has 0 bridgehead atoms. The molecule has 2 aromatic rings. The summed E-state index contributed by atoms with van der Waals surface area (Å²) < 4.78 is 0. The van der Waals surface area contributed by atoms with E-state index in [1.165, 1.54) is 0 Å². The maximum Gasteiger partial charge on any atom is 0.150 e. The fraction of sp³-hybridized carbons (Fsp3) is 0.125. The quantitative estimate of drug-likeness (QED) is 0.487. The lowest BCUT2D eigenvalue weighted by molar-refractivity contribution is 0.111. The second-order valence-electron chi connectivity index (χ2n) is 4.17. The summed E-state index contributed by atoms with van der Waals surface area (Å²) in [7, 11) is 0. The molecule has 0 saturated carbocycles. The van der Waals surface area contributed by atoms with E-state index in [4.69, 9.17) is 46.4 Å². The summed E-state index contributed by atoms with van der Waals surface area (Å²) in [5, 5.41) is 0. The molecule has 0 amide bonds. The first-order chi connectivity index (χ1) is 10.5. The monoisotopic (exact) mass is 376 g/mol. The Morgan fingerprint density at radius 1 is 0.591 bits per heavy atom. The van der Waals surface area contributed by atoms with Crippen LogP contribution in [0.25, 0.3) is 0 Å². The zero-order valence-electron chi connectivity index (χ0n) is 11.3. The van der Waals surface area contributed by atoms with Crippen LogP contribution in [-0.2, 0) is 0 Å². The first-order valence-electron chi connectivity index (χ1n) is 6.14. The van der Waals surface area contributed by atoms with Crippen LogP contribution in [0.3, 0.4) is 0 Å². The van der Waals surface area contributed by atoms with Gasteiger partial charge in [-0.15, -0.1) is 46.4 Å². The molecule has 0 saturated heterocycles. The summed E-state index contributed by atoms with van der Waals surface area (Å²) in [6.07, 6.45) is 1.49. The Balaban J connectivity index is 0.000000224. The molecule has 116 valence electrons. The molecular weight excluding hydrogens is 366 g/mol. The molecule has 2 aromatic carbocycles. The van der Waals surface area contributed by atoms with Crippen LogP contribution < -0.4 is 0 Å². The Bertz CT molecular complexity index is 539. The van der Waals surface area contributed by atoms with Crippen LogP contribution in [0, 0.1) is 0 Å². The van der Waals surface area contributed by atoms with Gasteiger partial charge in [0.2, 0.25) is 0 Å². The van der Waals surface area contributed by atoms with Gasteiger partial charge in [0.1, 0.15) is 22.2 Å². The third kappa shape index (κ3) is 6.37. The van der Waals surface area contributed by atoms with Crippen molar-refractivity contribution >= 4 is 59.0 Å². The SMILES string of the molecule is ClC(Cl)c1ccc(C(Cl)Cl)cc1.O=Cc1ccc(C=O)cc1. The third-order valence-electron chi connectivity index (χ3n) is 2.65. The average Bonchev–Trinajstić information content (AvgIpc) is 2.55. The Morgan fingerprint density at radius 2 is 0.864 bits per heavy atom. The Morgan fingerprint density at radius 3 is 1.05 bits per heavy atom. The molecule has 0 atom stereocenters. The van der Waals surface area contributed by atoms with Crippen molar-refractivity contribution in [2.75, 3.05) is 0 Å². The van der Waals surface area contributed by atoms with Gasteiger partial charge >= 0.3 is 0 Å². The predicted molar refractivity (Wildman–Crippen MR) is 92.6 cm³/mol. The highest BCUT2D eigenvalue weighted by Crippen LogP contribution is 2.28. The summed E-state index contributed by atoms with van der Waals surface area (Å²) in [4.78, 5) is 19.2. The van der Waals surface area contributed by atoms with Crippen LogP contribution in [0.2, 0.25) is 0 Å². The number of hydrogen-bond acceptors (Lipinski definition) is 2. The fourth-order valence-electron chi connectivity index (χ4n) is 1.44. The van der Waals surface area contributed by atoms with E-state index in [1.807, 2.05) is 0 Å². The van der Waals surface area contributed by atoms with Gasteiger partial charge in [0, 0.05) is 11.1 Å². The minimum atomic E-state index is -0.497. The largest absolute Gasteiger partial charge is 0.298 e. The maximum atomic E-state index is 10.1. The second-order valence-corrected chi connectivity index (χ2v) is 6.36. The number of carbonyl (C=O) groups is 2. The molecular formula is C16H12Cl4O2. The van der Waals surface area contributed by atoms with Gasteiger partial charge < -0.3 is 0 Å². The zero-order valence-corrected chi connectivity index (χ0v) is 14.3. The van der Waals surface area contributed by atoms with Gasteiger partial charge in [-0.1, -0.05) is 48.5 Å². The van der Waals surface area contributed by atoms with Crippen molar-refractivity contribution < 1.29 is 9.59 Å². The smallest absolute Gasteiger partial charge is 0.150 e. The highest BCUT2D eigenvalue weighted by molar-refractivity contribution is 6.44. The van der Waals surface area contributed by atoms with Crippen molar-refractivity contribution in [3.05, 3.63) is 70.8 Å². The zero-order chi connectivity index (χ0) is 16.5. The van der Waals surface area contributed by atoms with Gasteiger partial charge in [-0.05, 0) is 11.1 Å². The van der Waals surface area contributed by atoms with Crippen LogP contribution >= 0.6 is 46.4 Å². The molecule has 0 heterocycles. The molecule has 2 rings (SSSR count). The number of alkyl halides is 4. The number of rotatable bonds is 4. The standard InChI is InChI=1S/C8H6Cl4.C8H6O2/c9-7(10)5-1-2-6(4-3-5)8(11)12;9-5-7-1-2-8(6-10)4-3-7/h1-4,7-8H;1-6H. The van der Waals surface area contributed by atoms with E-state index in [-0.39, 0.29) is 0 Å². The van der Waals surface area contributed by atoms with E-state index in [9.17, 15) is 9.59 Å². The summed E-state index contributed by atoms with van der Waals surface area (Å²) in [6.45, 7) is 0. The molecule has 0 aromatic heterocycles. The number of carbonyl (C=O) groups excluding carboxylic acids is 2. The summed E-state index contributed by atoms with van der Waals surface area (Å²) in [5.41, 5.74) is 2.86. The molecule has 0 N–H and O–H groups in total. The van der Waals surface area contributed by atoms with Crippen molar-refractivity contribution in [3.63, 3.8) is 0 Å². The van der Waals surface area contributed by atoms with Crippen LogP contribution in [0.15, 0.2) is 48.5 Å². The van der Waals surface area contributed by atoms with E-state index in [2.05, 4.69) is 0 Å². The molecule has 0 aliphatic heterocycles. The number of halogens is 4. The molecule has 0 unspecified atom stereocenters. The molecule has 0 spiro atoms. The topological polar surface area (TPSA) is 34.1 Å². The van der Waals surface area contributed by atoms with Crippen LogP contribution in [0.4, 0.5) is 0 Å². The maximum absolute atomic E-state index is 10.1. The van der Waals surface area contributed by atoms with Crippen molar-refractivity contribution in [3.8, 4) is 0 Å². The average molecular weight is 378 g/mol.